The Bertz CT molecular complexity index is 1690. The van der Waals surface area contributed by atoms with Gasteiger partial charge >= 0.3 is 6.09 Å². The fourth-order valence-electron chi connectivity index (χ4n) is 6.04. The number of amides is 2. The van der Waals surface area contributed by atoms with E-state index in [0.29, 0.717) is 37.8 Å². The van der Waals surface area contributed by atoms with Crippen LogP contribution in [0.2, 0.25) is 0 Å². The molecular weight excluding hydrogens is 556 g/mol. The van der Waals surface area contributed by atoms with Crippen molar-refractivity contribution in [3.8, 4) is 5.95 Å². The van der Waals surface area contributed by atoms with Gasteiger partial charge in [0.15, 0.2) is 0 Å². The molecule has 6 rings (SSSR count). The summed E-state index contributed by atoms with van der Waals surface area (Å²) < 4.78 is 14.0. The lowest BCUT2D eigenvalue weighted by atomic mass is 9.93. The number of nitrogens with one attached hydrogen (secondary N) is 1. The molecule has 10 nitrogen and oxygen atoms in total. The first-order valence-corrected chi connectivity index (χ1v) is 15.3. The first-order valence-electron chi connectivity index (χ1n) is 15.3. The van der Waals surface area contributed by atoms with Crippen LogP contribution in [0.15, 0.2) is 54.6 Å². The standard InChI is InChI=1S/C34H40N6O4/c1-21-16-26-24(30(35)41)12-8-14-27(26)40(21)32-37-29-25(31(38-32)36-17-22-10-6-5-7-11-22)13-9-15-28(29)43-20-23-18-39(19-23)33(42)44-34(2,3)4/h5-8,10-12,14,16,23,28H,9,13,15,17-20H2,1-4H3,(H2,35,41)(H,36,37,38)/t28-/m0/s1. The van der Waals surface area contributed by atoms with Gasteiger partial charge in [-0.3, -0.25) is 9.36 Å². The number of hydrogen-bond donors (Lipinski definition) is 2. The van der Waals surface area contributed by atoms with Gasteiger partial charge in [0.25, 0.3) is 0 Å². The number of aromatic nitrogens is 3. The zero-order valence-corrected chi connectivity index (χ0v) is 25.8. The molecule has 1 saturated heterocycles. The molecule has 1 aliphatic carbocycles. The average Bonchev–Trinajstić information content (AvgIpc) is 3.30. The maximum atomic E-state index is 12.4. The van der Waals surface area contributed by atoms with Crippen molar-refractivity contribution >= 4 is 28.7 Å². The van der Waals surface area contributed by atoms with Crippen LogP contribution in [0.25, 0.3) is 16.9 Å². The number of carbonyl (C=O) groups is 2. The molecule has 0 saturated carbocycles. The van der Waals surface area contributed by atoms with E-state index in [1.54, 1.807) is 11.0 Å². The quantitative estimate of drug-likeness (QED) is 0.267. The van der Waals surface area contributed by atoms with E-state index in [1.165, 1.54) is 0 Å². The third kappa shape index (κ3) is 6.12. The predicted octanol–water partition coefficient (Wildman–Crippen LogP) is 5.70. The molecule has 2 amide bonds. The van der Waals surface area contributed by atoms with Gasteiger partial charge in [-0.15, -0.1) is 0 Å². The molecule has 3 N–H and O–H groups in total. The van der Waals surface area contributed by atoms with Crippen LogP contribution in [0.5, 0.6) is 0 Å². The summed E-state index contributed by atoms with van der Waals surface area (Å²) in [6.07, 6.45) is 2.18. The van der Waals surface area contributed by atoms with E-state index in [-0.39, 0.29) is 18.1 Å². The van der Waals surface area contributed by atoms with Crippen molar-refractivity contribution in [1.82, 2.24) is 19.4 Å². The number of benzene rings is 2. The number of aryl methyl sites for hydroxylation is 1. The Balaban J connectivity index is 1.30. The smallest absolute Gasteiger partial charge is 0.410 e. The molecule has 3 heterocycles. The second-order valence-corrected chi connectivity index (χ2v) is 12.8. The largest absolute Gasteiger partial charge is 0.444 e. The summed E-state index contributed by atoms with van der Waals surface area (Å²) in [5, 5.41) is 4.35. The summed E-state index contributed by atoms with van der Waals surface area (Å²) in [6.45, 7) is 9.98. The summed E-state index contributed by atoms with van der Waals surface area (Å²) in [6, 6.07) is 17.7. The number of rotatable bonds is 8. The van der Waals surface area contributed by atoms with Crippen LogP contribution < -0.4 is 11.1 Å². The SMILES string of the molecule is Cc1cc2c(C(N)=O)cccc2n1-c1nc(NCc2ccccc2)c2c(n1)[C@@H](OCC1CN(C(=O)OC(C)(C)C)C1)CCC2. The minimum Gasteiger partial charge on any atom is -0.444 e. The van der Waals surface area contributed by atoms with E-state index in [0.717, 1.165) is 58.5 Å². The molecule has 10 heteroatoms. The molecule has 0 spiro atoms. The molecule has 2 aromatic heterocycles. The summed E-state index contributed by atoms with van der Waals surface area (Å²) in [5.41, 5.74) is 10.5. The Kier molecular flexibility index (Phi) is 8.02. The highest BCUT2D eigenvalue weighted by Gasteiger charge is 2.35. The average molecular weight is 597 g/mol. The maximum absolute atomic E-state index is 12.4. The fourth-order valence-corrected chi connectivity index (χ4v) is 6.04. The number of nitrogens with two attached hydrogens (primary N) is 1. The monoisotopic (exact) mass is 596 g/mol. The lowest BCUT2D eigenvalue weighted by Crippen LogP contribution is -2.53. The van der Waals surface area contributed by atoms with Gasteiger partial charge in [0.1, 0.15) is 17.5 Å². The van der Waals surface area contributed by atoms with E-state index in [1.807, 2.05) is 68.7 Å². The van der Waals surface area contributed by atoms with E-state index in [2.05, 4.69) is 17.4 Å². The summed E-state index contributed by atoms with van der Waals surface area (Å²) in [4.78, 5) is 36.5. The van der Waals surface area contributed by atoms with Crippen LogP contribution in [0.1, 0.15) is 72.6 Å². The lowest BCUT2D eigenvalue weighted by molar-refractivity contribution is -0.0416. The van der Waals surface area contributed by atoms with Gasteiger partial charge in [-0.1, -0.05) is 36.4 Å². The third-order valence-electron chi connectivity index (χ3n) is 8.17. The normalized spacial score (nSPS) is 16.8. The molecule has 0 radical (unpaired) electrons. The maximum Gasteiger partial charge on any atom is 0.410 e. The molecule has 230 valence electrons. The number of carbonyl (C=O) groups excluding carboxylic acids is 2. The molecular formula is C34H40N6O4. The number of primary amides is 1. The molecule has 0 bridgehead atoms. The Morgan fingerprint density at radius 3 is 2.57 bits per heavy atom. The van der Waals surface area contributed by atoms with Crippen molar-refractivity contribution in [3.63, 3.8) is 0 Å². The number of anilines is 1. The molecule has 2 aliphatic rings. The topological polar surface area (TPSA) is 125 Å². The number of ether oxygens (including phenoxy) is 2. The number of hydrogen-bond acceptors (Lipinski definition) is 7. The van der Waals surface area contributed by atoms with Gasteiger partial charge in [-0.25, -0.2) is 9.78 Å². The highest BCUT2D eigenvalue weighted by molar-refractivity contribution is 6.06. The van der Waals surface area contributed by atoms with Gasteiger partial charge in [0.2, 0.25) is 11.9 Å². The Morgan fingerprint density at radius 1 is 1.07 bits per heavy atom. The predicted molar refractivity (Wildman–Crippen MR) is 169 cm³/mol. The molecule has 0 unspecified atom stereocenters. The number of likely N-dealkylation sites (tertiary alicyclic amines) is 1. The molecule has 4 aromatic rings. The van der Waals surface area contributed by atoms with E-state index in [9.17, 15) is 9.59 Å². The minimum atomic E-state index is -0.515. The molecule has 1 atom stereocenters. The van der Waals surface area contributed by atoms with Crippen LogP contribution in [-0.4, -0.2) is 56.7 Å². The Morgan fingerprint density at radius 2 is 1.84 bits per heavy atom. The van der Waals surface area contributed by atoms with E-state index >= 15 is 0 Å². The molecule has 1 aliphatic heterocycles. The van der Waals surface area contributed by atoms with Crippen molar-refractivity contribution in [2.24, 2.45) is 11.7 Å². The van der Waals surface area contributed by atoms with Crippen LogP contribution in [0.4, 0.5) is 10.6 Å². The molecule has 2 aromatic carbocycles. The summed E-state index contributed by atoms with van der Waals surface area (Å²) in [5.74, 6) is 1.07. The van der Waals surface area contributed by atoms with Gasteiger partial charge in [-0.05, 0) is 70.7 Å². The number of nitrogens with zero attached hydrogens (tertiary/aromatic N) is 4. The minimum absolute atomic E-state index is 0.198. The van der Waals surface area contributed by atoms with Crippen molar-refractivity contribution in [1.29, 1.82) is 0 Å². The highest BCUT2D eigenvalue weighted by atomic mass is 16.6. The fraction of sp³-hybridized carbons (Fsp3) is 0.412. The summed E-state index contributed by atoms with van der Waals surface area (Å²) in [7, 11) is 0. The van der Waals surface area contributed by atoms with E-state index in [4.69, 9.17) is 25.2 Å². The second kappa shape index (κ2) is 11.9. The van der Waals surface area contributed by atoms with Crippen LogP contribution >= 0.6 is 0 Å². The van der Waals surface area contributed by atoms with Crippen molar-refractivity contribution in [2.45, 2.75) is 65.2 Å². The van der Waals surface area contributed by atoms with Gasteiger partial charge in [0, 0.05) is 47.8 Å². The molecule has 1 fully saturated rings. The first-order chi connectivity index (χ1) is 21.1. The highest BCUT2D eigenvalue weighted by Crippen LogP contribution is 2.37. The summed E-state index contributed by atoms with van der Waals surface area (Å²) >= 11 is 0. The van der Waals surface area contributed by atoms with Gasteiger partial charge < -0.3 is 25.4 Å². The van der Waals surface area contributed by atoms with Crippen molar-refractivity contribution < 1.29 is 19.1 Å². The van der Waals surface area contributed by atoms with Crippen LogP contribution in [0.3, 0.4) is 0 Å². The van der Waals surface area contributed by atoms with Crippen LogP contribution in [0, 0.1) is 12.8 Å². The van der Waals surface area contributed by atoms with Gasteiger partial charge in [-0.2, -0.15) is 4.98 Å². The molecule has 44 heavy (non-hydrogen) atoms. The zero-order chi connectivity index (χ0) is 31.0. The van der Waals surface area contributed by atoms with Crippen molar-refractivity contribution in [3.05, 3.63) is 82.7 Å². The van der Waals surface area contributed by atoms with E-state index < -0.39 is 11.5 Å². The second-order valence-electron chi connectivity index (χ2n) is 12.8. The number of fused-ring (bicyclic) bond motifs is 2. The zero-order valence-electron chi connectivity index (χ0n) is 25.8. The Hall–Kier alpha value is -4.44. The van der Waals surface area contributed by atoms with Gasteiger partial charge in [0.05, 0.1) is 17.8 Å². The first kappa shape index (κ1) is 29.6. The third-order valence-corrected chi connectivity index (χ3v) is 8.17. The Labute approximate surface area is 257 Å². The van der Waals surface area contributed by atoms with Crippen LogP contribution in [-0.2, 0) is 22.4 Å². The lowest BCUT2D eigenvalue weighted by Gasteiger charge is -2.40. The van der Waals surface area contributed by atoms with Crippen molar-refractivity contribution in [2.75, 3.05) is 25.0 Å².